The Balaban J connectivity index is 0.000000451. The van der Waals surface area contributed by atoms with Gasteiger partial charge in [-0.25, -0.2) is 4.98 Å². The van der Waals surface area contributed by atoms with Crippen LogP contribution in [0.25, 0.3) is 10.8 Å². The molecule has 2 heterocycles. The molecular weight excluding hydrogens is 354 g/mol. The van der Waals surface area contributed by atoms with Crippen LogP contribution in [0.4, 0.5) is 0 Å². The van der Waals surface area contributed by atoms with Gasteiger partial charge in [0.05, 0.1) is 5.03 Å². The molecule has 0 atom stereocenters. The molecule has 1 radical (unpaired) electrons. The number of nitrogens with zero attached hydrogens (tertiary/aromatic N) is 2. The van der Waals surface area contributed by atoms with E-state index < -0.39 is 0 Å². The Hall–Kier alpha value is -0.298. The summed E-state index contributed by atoms with van der Waals surface area (Å²) < 4.78 is 0. The second kappa shape index (κ2) is 6.20. The summed E-state index contributed by atoms with van der Waals surface area (Å²) in [6.07, 6.45) is 5.36. The molecule has 4 heteroatoms. The van der Waals surface area contributed by atoms with Crippen molar-refractivity contribution in [3.8, 4) is 0 Å². The van der Waals surface area contributed by atoms with Crippen LogP contribution in [0.5, 0.6) is 0 Å². The molecule has 13 heavy (non-hydrogen) atoms. The van der Waals surface area contributed by atoms with Gasteiger partial charge in [0, 0.05) is 26.6 Å². The quantitative estimate of drug-likeness (QED) is 0.727. The molecular formula is C9H11N2ReS-. The van der Waals surface area contributed by atoms with Crippen molar-refractivity contribution < 1.29 is 20.4 Å². The summed E-state index contributed by atoms with van der Waals surface area (Å²) in [4.78, 5) is 7.97. The van der Waals surface area contributed by atoms with Crippen LogP contribution >= 0.6 is 12.6 Å². The van der Waals surface area contributed by atoms with Crippen LogP contribution in [0.15, 0.2) is 29.7 Å². The molecule has 0 aromatic carbocycles. The minimum Gasteiger partial charge on any atom is -0.669 e. The van der Waals surface area contributed by atoms with Crippen LogP contribution in [0.1, 0.15) is 13.8 Å². The summed E-state index contributed by atoms with van der Waals surface area (Å²) in [7, 11) is 0. The van der Waals surface area contributed by atoms with Crippen molar-refractivity contribution >= 4 is 23.4 Å². The molecule has 2 nitrogen and oxygen atoms in total. The van der Waals surface area contributed by atoms with Gasteiger partial charge in [0.25, 0.3) is 0 Å². The molecule has 0 unspecified atom stereocenters. The minimum absolute atomic E-state index is 0. The third-order valence-corrected chi connectivity index (χ3v) is 1.63. The van der Waals surface area contributed by atoms with E-state index in [-0.39, 0.29) is 20.4 Å². The van der Waals surface area contributed by atoms with E-state index in [4.69, 9.17) is 0 Å². The summed E-state index contributed by atoms with van der Waals surface area (Å²) in [5, 5.41) is 2.90. The van der Waals surface area contributed by atoms with Crippen LogP contribution in [-0.4, -0.2) is 4.98 Å². The number of pyridine rings is 1. The Labute approximate surface area is 97.2 Å². The molecule has 0 N–H and O–H groups in total. The summed E-state index contributed by atoms with van der Waals surface area (Å²) in [5.74, 6) is 0. The summed E-state index contributed by atoms with van der Waals surface area (Å²) >= 11 is 4.10. The van der Waals surface area contributed by atoms with Gasteiger partial charge in [0.1, 0.15) is 0 Å². The number of hydrogen-bond donors (Lipinski definition) is 1. The Bertz CT molecular complexity index is 359. The summed E-state index contributed by atoms with van der Waals surface area (Å²) in [6.45, 7) is 4.00. The zero-order valence-electron chi connectivity index (χ0n) is 7.53. The molecule has 0 spiro atoms. The van der Waals surface area contributed by atoms with Gasteiger partial charge in [-0.1, -0.05) is 13.8 Å². The summed E-state index contributed by atoms with van der Waals surface area (Å²) in [6, 6.07) is 1.89. The molecule has 0 aliphatic heterocycles. The SMILES string of the molecule is CC.Sc1cc2c[n-]cc2cn1.[Re]. The maximum absolute atomic E-state index is 4.10. The Morgan fingerprint density at radius 3 is 2.54 bits per heavy atom. The molecule has 0 amide bonds. The van der Waals surface area contributed by atoms with Gasteiger partial charge < -0.3 is 4.98 Å². The first-order valence-electron chi connectivity index (χ1n) is 3.92. The van der Waals surface area contributed by atoms with Crippen LogP contribution in [-0.2, 0) is 20.4 Å². The smallest absolute Gasteiger partial charge is 0.0935 e. The molecule has 2 rings (SSSR count). The molecule has 2 aromatic heterocycles. The third kappa shape index (κ3) is 3.15. The van der Waals surface area contributed by atoms with E-state index in [2.05, 4.69) is 22.6 Å². The van der Waals surface area contributed by atoms with E-state index in [1.165, 1.54) is 0 Å². The fraction of sp³-hybridized carbons (Fsp3) is 0.222. The molecule has 0 bridgehead atoms. The average Bonchev–Trinajstić information content (AvgIpc) is 2.54. The zero-order chi connectivity index (χ0) is 8.97. The molecule has 0 aliphatic carbocycles. The van der Waals surface area contributed by atoms with Crippen molar-refractivity contribution in [3.63, 3.8) is 0 Å². The fourth-order valence-electron chi connectivity index (χ4n) is 0.887. The topological polar surface area (TPSA) is 27.0 Å². The van der Waals surface area contributed by atoms with E-state index in [0.29, 0.717) is 0 Å². The zero-order valence-corrected chi connectivity index (χ0v) is 11.1. The van der Waals surface area contributed by atoms with Gasteiger partial charge >= 0.3 is 0 Å². The standard InChI is InChI=1S/C7H5N2S.C2H6.Re/c10-7-1-5-2-8-3-6(5)4-9-7;1-2;/h1-4H,(H-,8,9,10);1-2H3;/q-1;;. The molecule has 0 saturated heterocycles. The van der Waals surface area contributed by atoms with Crippen molar-refractivity contribution in [2.24, 2.45) is 0 Å². The molecule has 0 aliphatic rings. The number of fused-ring (bicyclic) bond motifs is 1. The van der Waals surface area contributed by atoms with E-state index in [1.54, 1.807) is 18.6 Å². The van der Waals surface area contributed by atoms with E-state index in [9.17, 15) is 0 Å². The van der Waals surface area contributed by atoms with Gasteiger partial charge in [0.15, 0.2) is 0 Å². The van der Waals surface area contributed by atoms with Crippen molar-refractivity contribution in [1.29, 1.82) is 0 Å². The largest absolute Gasteiger partial charge is 0.669 e. The first-order chi connectivity index (χ1) is 5.86. The van der Waals surface area contributed by atoms with E-state index in [0.717, 1.165) is 15.8 Å². The predicted octanol–water partition coefficient (Wildman–Crippen LogP) is 2.50. The molecule has 0 saturated carbocycles. The third-order valence-electron chi connectivity index (χ3n) is 1.38. The first kappa shape index (κ1) is 12.7. The number of thiol groups is 1. The van der Waals surface area contributed by atoms with Crippen LogP contribution in [0.3, 0.4) is 0 Å². The normalized spacial score (nSPS) is 8.54. The fourth-order valence-corrected chi connectivity index (χ4v) is 1.08. The molecule has 0 fully saturated rings. The second-order valence-corrected chi connectivity index (χ2v) is 2.54. The Morgan fingerprint density at radius 2 is 1.85 bits per heavy atom. The Morgan fingerprint density at radius 1 is 1.23 bits per heavy atom. The summed E-state index contributed by atoms with van der Waals surface area (Å²) in [5.41, 5.74) is 0. The molecule has 71 valence electrons. The number of hydrogen-bond acceptors (Lipinski definition) is 2. The van der Waals surface area contributed by atoms with Gasteiger partial charge in [-0.05, 0) is 16.8 Å². The average molecular weight is 365 g/mol. The van der Waals surface area contributed by atoms with Crippen LogP contribution in [0.2, 0.25) is 0 Å². The number of aromatic nitrogens is 2. The van der Waals surface area contributed by atoms with Crippen LogP contribution in [0, 0.1) is 0 Å². The van der Waals surface area contributed by atoms with Crippen molar-refractivity contribution in [2.75, 3.05) is 0 Å². The van der Waals surface area contributed by atoms with Crippen LogP contribution < -0.4 is 4.98 Å². The number of rotatable bonds is 0. The first-order valence-corrected chi connectivity index (χ1v) is 4.36. The van der Waals surface area contributed by atoms with E-state index in [1.807, 2.05) is 19.9 Å². The van der Waals surface area contributed by atoms with Crippen molar-refractivity contribution in [3.05, 3.63) is 24.7 Å². The van der Waals surface area contributed by atoms with Gasteiger partial charge in [0.2, 0.25) is 0 Å². The van der Waals surface area contributed by atoms with Crippen molar-refractivity contribution in [2.45, 2.75) is 18.9 Å². The Kier molecular flexibility index (Phi) is 6.06. The maximum atomic E-state index is 4.10. The molecule has 2 aromatic rings. The van der Waals surface area contributed by atoms with Gasteiger partial charge in [-0.15, -0.1) is 12.6 Å². The van der Waals surface area contributed by atoms with Gasteiger partial charge in [-0.3, -0.25) is 0 Å². The second-order valence-electron chi connectivity index (χ2n) is 2.08. The minimum atomic E-state index is 0. The van der Waals surface area contributed by atoms with Gasteiger partial charge in [-0.2, -0.15) is 12.4 Å². The predicted molar refractivity (Wildman–Crippen MR) is 53.7 cm³/mol. The maximum Gasteiger partial charge on any atom is 0.0935 e. The van der Waals surface area contributed by atoms with Crippen molar-refractivity contribution in [1.82, 2.24) is 9.97 Å². The van der Waals surface area contributed by atoms with E-state index >= 15 is 0 Å². The monoisotopic (exact) mass is 366 g/mol.